The lowest BCUT2D eigenvalue weighted by Crippen LogP contribution is -2.44. The summed E-state index contributed by atoms with van der Waals surface area (Å²) < 4.78 is 26.9. The van der Waals surface area contributed by atoms with Crippen molar-refractivity contribution in [2.75, 3.05) is 28.4 Å². The molecule has 0 bridgehead atoms. The predicted molar refractivity (Wildman–Crippen MR) is 95.8 cm³/mol. The maximum Gasteiger partial charge on any atom is 0.334 e. The maximum atomic E-state index is 12.8. The molecular weight excluding hydrogens is 352 g/mol. The van der Waals surface area contributed by atoms with Crippen molar-refractivity contribution in [1.29, 1.82) is 0 Å². The number of carbonyl (C=O) groups is 2. The number of benzene rings is 1. The number of esters is 2. The van der Waals surface area contributed by atoms with Crippen LogP contribution in [0.1, 0.15) is 19.4 Å². The molecule has 3 rings (SSSR count). The molecule has 0 saturated heterocycles. The van der Waals surface area contributed by atoms with Gasteiger partial charge in [0.25, 0.3) is 0 Å². The third-order valence-electron chi connectivity index (χ3n) is 5.17. The Morgan fingerprint density at radius 2 is 1.78 bits per heavy atom. The van der Waals surface area contributed by atoms with Crippen LogP contribution < -0.4 is 14.2 Å². The lowest BCUT2D eigenvalue weighted by Gasteiger charge is -2.37. The second-order valence-electron chi connectivity index (χ2n) is 6.57. The molecule has 0 N–H and O–H groups in total. The summed E-state index contributed by atoms with van der Waals surface area (Å²) in [6.45, 7) is 3.66. The van der Waals surface area contributed by atoms with E-state index in [4.69, 9.17) is 23.7 Å². The molecule has 1 aliphatic heterocycles. The third kappa shape index (κ3) is 2.57. The van der Waals surface area contributed by atoms with Gasteiger partial charge in [0.05, 0.1) is 45.0 Å². The Bertz CT molecular complexity index is 881. The van der Waals surface area contributed by atoms with E-state index in [9.17, 15) is 9.59 Å². The van der Waals surface area contributed by atoms with Crippen molar-refractivity contribution in [3.63, 3.8) is 0 Å². The minimum atomic E-state index is -0.998. The average Bonchev–Trinajstić information content (AvgIpc) is 2.99. The fraction of sp³-hybridized carbons (Fsp3) is 0.400. The maximum absolute atomic E-state index is 12.8. The van der Waals surface area contributed by atoms with Crippen LogP contribution in [0.4, 0.5) is 0 Å². The van der Waals surface area contributed by atoms with Gasteiger partial charge >= 0.3 is 11.9 Å². The van der Waals surface area contributed by atoms with Crippen LogP contribution in [0.2, 0.25) is 0 Å². The number of methoxy groups -OCH3 is 4. The van der Waals surface area contributed by atoms with E-state index in [0.717, 1.165) is 5.57 Å². The van der Waals surface area contributed by atoms with E-state index in [0.29, 0.717) is 28.6 Å². The topological polar surface area (TPSA) is 80.3 Å². The molecular formula is C20H22O7. The highest BCUT2D eigenvalue weighted by Crippen LogP contribution is 2.59. The lowest BCUT2D eigenvalue weighted by atomic mass is 9.64. The zero-order valence-electron chi connectivity index (χ0n) is 16.2. The van der Waals surface area contributed by atoms with Gasteiger partial charge < -0.3 is 23.7 Å². The van der Waals surface area contributed by atoms with Gasteiger partial charge in [-0.2, -0.15) is 0 Å². The SMILES string of the molecule is COC(=O)C1=CC(C)=C2Oc3cc(OC)cc(OC)c3C2(C)C1C(=O)OC. The monoisotopic (exact) mass is 374 g/mol. The van der Waals surface area contributed by atoms with Crippen molar-refractivity contribution in [2.24, 2.45) is 5.92 Å². The molecule has 2 atom stereocenters. The molecule has 1 aromatic rings. The van der Waals surface area contributed by atoms with Gasteiger partial charge in [0.15, 0.2) is 0 Å². The van der Waals surface area contributed by atoms with E-state index in [1.807, 2.05) is 13.8 Å². The standard InChI is InChI=1S/C20H22O7/c1-10-7-12(18(21)25-5)15(19(22)26-6)20(2)16-13(24-4)8-11(23-3)9-14(16)27-17(10)20/h7-9,15H,1-6H3. The number of fused-ring (bicyclic) bond motifs is 3. The van der Waals surface area contributed by atoms with Gasteiger partial charge in [-0.25, -0.2) is 4.79 Å². The molecule has 27 heavy (non-hydrogen) atoms. The molecule has 0 saturated carbocycles. The number of hydrogen-bond donors (Lipinski definition) is 0. The van der Waals surface area contributed by atoms with Gasteiger partial charge in [-0.1, -0.05) is 0 Å². The Balaban J connectivity index is 2.33. The van der Waals surface area contributed by atoms with E-state index < -0.39 is 23.3 Å². The average molecular weight is 374 g/mol. The largest absolute Gasteiger partial charge is 0.496 e. The number of hydrogen-bond acceptors (Lipinski definition) is 7. The van der Waals surface area contributed by atoms with Crippen LogP contribution in [0, 0.1) is 5.92 Å². The summed E-state index contributed by atoms with van der Waals surface area (Å²) in [5, 5.41) is 0. The van der Waals surface area contributed by atoms with Crippen molar-refractivity contribution in [3.05, 3.63) is 40.7 Å². The van der Waals surface area contributed by atoms with Crippen molar-refractivity contribution in [3.8, 4) is 17.2 Å². The number of carbonyl (C=O) groups excluding carboxylic acids is 2. The summed E-state index contributed by atoms with van der Waals surface area (Å²) in [5.74, 6) is 0.0248. The molecule has 144 valence electrons. The van der Waals surface area contributed by atoms with Crippen LogP contribution in [0.25, 0.3) is 0 Å². The fourth-order valence-electron chi connectivity index (χ4n) is 4.00. The van der Waals surface area contributed by atoms with Gasteiger partial charge in [0.1, 0.15) is 28.9 Å². The first-order valence-corrected chi connectivity index (χ1v) is 8.36. The second-order valence-corrected chi connectivity index (χ2v) is 6.57. The highest BCUT2D eigenvalue weighted by Gasteiger charge is 2.58. The zero-order chi connectivity index (χ0) is 19.9. The minimum Gasteiger partial charge on any atom is -0.496 e. The van der Waals surface area contributed by atoms with Gasteiger partial charge in [-0.3, -0.25) is 4.79 Å². The molecule has 0 radical (unpaired) electrons. The molecule has 0 fully saturated rings. The van der Waals surface area contributed by atoms with Crippen LogP contribution in [0.15, 0.2) is 35.1 Å². The summed E-state index contributed by atoms with van der Waals surface area (Å²) in [7, 11) is 5.63. The highest BCUT2D eigenvalue weighted by atomic mass is 16.5. The molecule has 0 amide bonds. The summed E-state index contributed by atoms with van der Waals surface area (Å²) in [4.78, 5) is 25.2. The van der Waals surface area contributed by atoms with Gasteiger partial charge in [0.2, 0.25) is 0 Å². The predicted octanol–water partition coefficient (Wildman–Crippen LogP) is 2.53. The second kappa shape index (κ2) is 6.64. The van der Waals surface area contributed by atoms with Crippen LogP contribution in [-0.4, -0.2) is 40.4 Å². The fourth-order valence-corrected chi connectivity index (χ4v) is 4.00. The first kappa shape index (κ1) is 18.8. The molecule has 2 aliphatic rings. The van der Waals surface area contributed by atoms with Crippen LogP contribution in [0.3, 0.4) is 0 Å². The van der Waals surface area contributed by atoms with Crippen LogP contribution in [-0.2, 0) is 24.5 Å². The molecule has 7 nitrogen and oxygen atoms in total. The summed E-state index contributed by atoms with van der Waals surface area (Å²) >= 11 is 0. The van der Waals surface area contributed by atoms with Gasteiger partial charge in [-0.05, 0) is 25.5 Å². The molecule has 1 aromatic carbocycles. The Morgan fingerprint density at radius 1 is 1.07 bits per heavy atom. The smallest absolute Gasteiger partial charge is 0.334 e. The Kier molecular flexibility index (Phi) is 4.63. The van der Waals surface area contributed by atoms with Crippen molar-refractivity contribution in [2.45, 2.75) is 19.3 Å². The molecule has 7 heteroatoms. The van der Waals surface area contributed by atoms with E-state index >= 15 is 0 Å². The number of ether oxygens (including phenoxy) is 5. The van der Waals surface area contributed by atoms with Crippen LogP contribution in [0.5, 0.6) is 17.2 Å². The quantitative estimate of drug-likeness (QED) is 0.749. The first-order chi connectivity index (χ1) is 12.8. The number of rotatable bonds is 4. The normalized spacial score (nSPS) is 22.9. The van der Waals surface area contributed by atoms with Gasteiger partial charge in [0, 0.05) is 12.1 Å². The Hall–Kier alpha value is -2.96. The lowest BCUT2D eigenvalue weighted by molar-refractivity contribution is -0.149. The molecule has 2 unspecified atom stereocenters. The van der Waals surface area contributed by atoms with Crippen molar-refractivity contribution >= 4 is 11.9 Å². The van der Waals surface area contributed by atoms with Crippen molar-refractivity contribution in [1.82, 2.24) is 0 Å². The molecule has 0 aromatic heterocycles. The number of allylic oxidation sites excluding steroid dienone is 3. The zero-order valence-corrected chi connectivity index (χ0v) is 16.2. The summed E-state index contributed by atoms with van der Waals surface area (Å²) in [6.07, 6.45) is 1.61. The Labute approximate surface area is 157 Å². The first-order valence-electron chi connectivity index (χ1n) is 8.36. The molecule has 1 aliphatic carbocycles. The minimum absolute atomic E-state index is 0.211. The Morgan fingerprint density at radius 3 is 2.33 bits per heavy atom. The van der Waals surface area contributed by atoms with Gasteiger partial charge in [-0.15, -0.1) is 0 Å². The highest BCUT2D eigenvalue weighted by molar-refractivity contribution is 5.98. The van der Waals surface area contributed by atoms with E-state index in [2.05, 4.69) is 0 Å². The third-order valence-corrected chi connectivity index (χ3v) is 5.17. The molecule has 1 heterocycles. The van der Waals surface area contributed by atoms with Crippen molar-refractivity contribution < 1.29 is 33.3 Å². The van der Waals surface area contributed by atoms with E-state index in [1.165, 1.54) is 21.3 Å². The van der Waals surface area contributed by atoms with E-state index in [1.54, 1.807) is 25.3 Å². The molecule has 0 spiro atoms. The summed E-state index contributed by atoms with van der Waals surface area (Å²) in [5.41, 5.74) is 0.588. The summed E-state index contributed by atoms with van der Waals surface area (Å²) in [6, 6.07) is 3.45. The van der Waals surface area contributed by atoms with Crippen LogP contribution >= 0.6 is 0 Å². The van der Waals surface area contributed by atoms with E-state index in [-0.39, 0.29) is 5.57 Å².